The second kappa shape index (κ2) is 5.38. The average molecular weight is 268 g/mol. The Morgan fingerprint density at radius 2 is 1.94 bits per heavy atom. The molecule has 4 nitrogen and oxygen atoms in total. The summed E-state index contributed by atoms with van der Waals surface area (Å²) in [6.45, 7) is 2.40. The number of nitrogens with two attached hydrogens (primary N) is 1. The van der Waals surface area contributed by atoms with Gasteiger partial charge in [0.05, 0.1) is 4.90 Å². The maximum absolute atomic E-state index is 12.0. The first kappa shape index (κ1) is 13.5. The van der Waals surface area contributed by atoms with E-state index in [0.29, 0.717) is 11.4 Å². The second-order valence-electron chi connectivity index (χ2n) is 4.99. The Morgan fingerprint density at radius 3 is 2.44 bits per heavy atom. The van der Waals surface area contributed by atoms with Crippen LogP contribution in [-0.2, 0) is 10.0 Å². The Morgan fingerprint density at radius 1 is 1.33 bits per heavy atom. The van der Waals surface area contributed by atoms with E-state index in [-0.39, 0.29) is 6.04 Å². The first-order chi connectivity index (χ1) is 8.49. The normalized spacial score (nSPS) is 17.7. The topological polar surface area (TPSA) is 72.2 Å². The summed E-state index contributed by atoms with van der Waals surface area (Å²) in [7, 11) is -3.36. The van der Waals surface area contributed by atoms with Crippen molar-refractivity contribution in [2.45, 2.75) is 37.1 Å². The fourth-order valence-electron chi connectivity index (χ4n) is 1.84. The quantitative estimate of drug-likeness (QED) is 0.826. The maximum atomic E-state index is 12.0. The molecule has 0 bridgehead atoms. The van der Waals surface area contributed by atoms with Crippen LogP contribution in [0.3, 0.4) is 0 Å². The summed E-state index contributed by atoms with van der Waals surface area (Å²) < 4.78 is 26.6. The third kappa shape index (κ3) is 3.54. The van der Waals surface area contributed by atoms with Crippen LogP contribution in [-0.4, -0.2) is 15.0 Å². The molecular formula is C13H20N2O2S. The van der Waals surface area contributed by atoms with Crippen LogP contribution in [0.2, 0.25) is 0 Å². The molecule has 1 aliphatic rings. The lowest BCUT2D eigenvalue weighted by Crippen LogP contribution is -2.25. The fourth-order valence-corrected chi connectivity index (χ4v) is 2.89. The lowest BCUT2D eigenvalue weighted by atomic mass is 10.1. The minimum atomic E-state index is -3.36. The molecule has 1 aromatic rings. The van der Waals surface area contributed by atoms with Crippen molar-refractivity contribution in [1.82, 2.24) is 4.72 Å². The average Bonchev–Trinajstić information content (AvgIpc) is 3.13. The Bertz CT molecular complexity index is 490. The summed E-state index contributed by atoms with van der Waals surface area (Å²) >= 11 is 0. The van der Waals surface area contributed by atoms with E-state index in [1.54, 1.807) is 24.3 Å². The highest BCUT2D eigenvalue weighted by molar-refractivity contribution is 7.89. The van der Waals surface area contributed by atoms with Gasteiger partial charge in [0.25, 0.3) is 0 Å². The molecule has 3 N–H and O–H groups in total. The third-order valence-corrected chi connectivity index (χ3v) is 4.73. The number of sulfonamides is 1. The van der Waals surface area contributed by atoms with E-state index in [1.807, 2.05) is 6.92 Å². The van der Waals surface area contributed by atoms with Gasteiger partial charge in [-0.25, -0.2) is 13.1 Å². The highest BCUT2D eigenvalue weighted by Crippen LogP contribution is 2.31. The van der Waals surface area contributed by atoms with Gasteiger partial charge in [0, 0.05) is 12.6 Å². The van der Waals surface area contributed by atoms with Gasteiger partial charge in [0.2, 0.25) is 10.0 Å². The molecule has 0 radical (unpaired) electrons. The van der Waals surface area contributed by atoms with Crippen LogP contribution in [0.4, 0.5) is 0 Å². The molecule has 1 fully saturated rings. The van der Waals surface area contributed by atoms with Crippen LogP contribution < -0.4 is 10.5 Å². The Labute approximate surface area is 109 Å². The standard InChI is InChI=1S/C13H20N2O2S/c1-10(14)12-4-6-13(7-5-12)18(16,17)15-9-8-11-2-3-11/h4-7,10-11,15H,2-3,8-9,14H2,1H3. The van der Waals surface area contributed by atoms with Crippen LogP contribution in [0.5, 0.6) is 0 Å². The first-order valence-electron chi connectivity index (χ1n) is 6.34. The lowest BCUT2D eigenvalue weighted by Gasteiger charge is -2.09. The van der Waals surface area contributed by atoms with Gasteiger partial charge in [-0.3, -0.25) is 0 Å². The number of nitrogens with one attached hydrogen (secondary N) is 1. The van der Waals surface area contributed by atoms with Crippen molar-refractivity contribution in [1.29, 1.82) is 0 Å². The zero-order chi connectivity index (χ0) is 13.2. The lowest BCUT2D eigenvalue weighted by molar-refractivity contribution is 0.575. The van der Waals surface area contributed by atoms with E-state index >= 15 is 0 Å². The maximum Gasteiger partial charge on any atom is 0.240 e. The molecule has 0 aliphatic heterocycles. The van der Waals surface area contributed by atoms with Crippen molar-refractivity contribution in [2.24, 2.45) is 11.7 Å². The van der Waals surface area contributed by atoms with Gasteiger partial charge in [-0.15, -0.1) is 0 Å². The van der Waals surface area contributed by atoms with Crippen LogP contribution in [0.25, 0.3) is 0 Å². The summed E-state index contributed by atoms with van der Waals surface area (Å²) in [5, 5.41) is 0. The number of rotatable bonds is 6. The SMILES string of the molecule is CC(N)c1ccc(S(=O)(=O)NCCC2CC2)cc1. The Hall–Kier alpha value is -0.910. The van der Waals surface area contributed by atoms with Crippen molar-refractivity contribution in [3.63, 3.8) is 0 Å². The minimum absolute atomic E-state index is 0.0791. The van der Waals surface area contributed by atoms with E-state index < -0.39 is 10.0 Å². The molecule has 0 aromatic heterocycles. The summed E-state index contributed by atoms with van der Waals surface area (Å²) in [4.78, 5) is 0.308. The highest BCUT2D eigenvalue weighted by Gasteiger charge is 2.22. The third-order valence-electron chi connectivity index (χ3n) is 3.26. The summed E-state index contributed by atoms with van der Waals surface area (Å²) in [6.07, 6.45) is 3.42. The van der Waals surface area contributed by atoms with E-state index in [1.165, 1.54) is 12.8 Å². The Kier molecular flexibility index (Phi) is 4.04. The van der Waals surface area contributed by atoms with E-state index in [9.17, 15) is 8.42 Å². The van der Waals surface area contributed by atoms with E-state index in [4.69, 9.17) is 5.73 Å². The summed E-state index contributed by atoms with van der Waals surface area (Å²) in [6, 6.07) is 6.67. The van der Waals surface area contributed by atoms with Gasteiger partial charge < -0.3 is 5.73 Å². The molecule has 0 amide bonds. The summed E-state index contributed by atoms with van der Waals surface area (Å²) in [5.74, 6) is 0.730. The monoisotopic (exact) mass is 268 g/mol. The van der Waals surface area contributed by atoms with Gasteiger partial charge in [0.1, 0.15) is 0 Å². The number of hydrogen-bond donors (Lipinski definition) is 2. The van der Waals surface area contributed by atoms with Crippen LogP contribution in [0.15, 0.2) is 29.2 Å². The predicted octanol–water partition coefficient (Wildman–Crippen LogP) is 1.78. The predicted molar refractivity (Wildman–Crippen MR) is 71.6 cm³/mol. The largest absolute Gasteiger partial charge is 0.324 e. The molecule has 5 heteroatoms. The van der Waals surface area contributed by atoms with Gasteiger partial charge >= 0.3 is 0 Å². The van der Waals surface area contributed by atoms with Crippen molar-refractivity contribution in [3.8, 4) is 0 Å². The molecule has 0 heterocycles. The minimum Gasteiger partial charge on any atom is -0.324 e. The van der Waals surface area contributed by atoms with Crippen molar-refractivity contribution < 1.29 is 8.42 Å². The highest BCUT2D eigenvalue weighted by atomic mass is 32.2. The zero-order valence-electron chi connectivity index (χ0n) is 10.6. The molecule has 1 aliphatic carbocycles. The molecule has 1 atom stereocenters. The molecule has 1 aromatic carbocycles. The van der Waals surface area contributed by atoms with Crippen LogP contribution in [0.1, 0.15) is 37.8 Å². The molecule has 100 valence electrons. The molecule has 1 saturated carbocycles. The van der Waals surface area contributed by atoms with Gasteiger partial charge in [0.15, 0.2) is 0 Å². The van der Waals surface area contributed by atoms with Gasteiger partial charge in [-0.2, -0.15) is 0 Å². The van der Waals surface area contributed by atoms with Crippen molar-refractivity contribution in [3.05, 3.63) is 29.8 Å². The number of benzene rings is 1. The van der Waals surface area contributed by atoms with Crippen molar-refractivity contribution >= 4 is 10.0 Å². The van der Waals surface area contributed by atoms with Crippen LogP contribution in [0, 0.1) is 5.92 Å². The Balaban J connectivity index is 1.99. The molecule has 18 heavy (non-hydrogen) atoms. The van der Waals surface area contributed by atoms with Gasteiger partial charge in [-0.05, 0) is 37.0 Å². The number of hydrogen-bond acceptors (Lipinski definition) is 3. The molecule has 0 spiro atoms. The van der Waals surface area contributed by atoms with E-state index in [0.717, 1.165) is 17.9 Å². The van der Waals surface area contributed by atoms with E-state index in [2.05, 4.69) is 4.72 Å². The molecule has 0 saturated heterocycles. The fraction of sp³-hybridized carbons (Fsp3) is 0.538. The first-order valence-corrected chi connectivity index (χ1v) is 7.82. The van der Waals surface area contributed by atoms with Crippen molar-refractivity contribution in [2.75, 3.05) is 6.54 Å². The smallest absolute Gasteiger partial charge is 0.240 e. The molecular weight excluding hydrogens is 248 g/mol. The second-order valence-corrected chi connectivity index (χ2v) is 6.75. The van der Waals surface area contributed by atoms with Crippen LogP contribution >= 0.6 is 0 Å². The van der Waals surface area contributed by atoms with Gasteiger partial charge in [-0.1, -0.05) is 25.0 Å². The molecule has 1 unspecified atom stereocenters. The molecule has 2 rings (SSSR count). The zero-order valence-corrected chi connectivity index (χ0v) is 11.4. The summed E-state index contributed by atoms with van der Waals surface area (Å²) in [5.41, 5.74) is 6.67.